The van der Waals surface area contributed by atoms with Gasteiger partial charge in [-0.15, -0.1) is 0 Å². The van der Waals surface area contributed by atoms with E-state index < -0.39 is 0 Å². The zero-order chi connectivity index (χ0) is 24.5. The number of aromatic nitrogens is 4. The smallest absolute Gasteiger partial charge is 0.263 e. The first-order valence-electron chi connectivity index (χ1n) is 11.2. The molecule has 0 atom stereocenters. The molecule has 0 unspecified atom stereocenters. The van der Waals surface area contributed by atoms with Crippen LogP contribution in [0.1, 0.15) is 16.8 Å². The Labute approximate surface area is 201 Å². The molecule has 0 radical (unpaired) electrons. The Morgan fingerprint density at radius 1 is 0.943 bits per heavy atom. The summed E-state index contributed by atoms with van der Waals surface area (Å²) in [6.07, 6.45) is 1.56. The first-order valence-corrected chi connectivity index (χ1v) is 11.2. The van der Waals surface area contributed by atoms with Gasteiger partial charge in [0.2, 0.25) is 17.2 Å². The summed E-state index contributed by atoms with van der Waals surface area (Å²) in [6, 6.07) is 18.7. The average molecular weight is 466 g/mol. The summed E-state index contributed by atoms with van der Waals surface area (Å²) in [5.74, 6) is 0.228. The van der Waals surface area contributed by atoms with Crippen LogP contribution in [-0.2, 0) is 11.3 Å². The molecule has 0 aliphatic carbocycles. The van der Waals surface area contributed by atoms with E-state index in [1.54, 1.807) is 22.9 Å². The molecule has 0 aliphatic heterocycles. The summed E-state index contributed by atoms with van der Waals surface area (Å²) in [6.45, 7) is 5.72. The number of aryl methyl sites for hydroxylation is 3. The van der Waals surface area contributed by atoms with E-state index >= 15 is 0 Å². The Bertz CT molecular complexity index is 1620. The van der Waals surface area contributed by atoms with E-state index in [4.69, 9.17) is 4.52 Å². The molecule has 0 spiro atoms. The van der Waals surface area contributed by atoms with Gasteiger partial charge in [-0.05, 0) is 50.6 Å². The Hall–Kier alpha value is -4.59. The Morgan fingerprint density at radius 3 is 2.49 bits per heavy atom. The minimum Gasteiger partial charge on any atom is -0.333 e. The van der Waals surface area contributed by atoms with Crippen LogP contribution in [0.15, 0.2) is 76.2 Å². The van der Waals surface area contributed by atoms with Crippen molar-refractivity contribution in [1.29, 1.82) is 0 Å². The summed E-state index contributed by atoms with van der Waals surface area (Å²) < 4.78 is 7.12. The number of amides is 1. The molecule has 2 aromatic carbocycles. The highest BCUT2D eigenvalue weighted by Gasteiger charge is 2.19. The third-order valence-electron chi connectivity index (χ3n) is 5.75. The van der Waals surface area contributed by atoms with E-state index in [1.165, 1.54) is 0 Å². The van der Waals surface area contributed by atoms with Crippen molar-refractivity contribution in [3.63, 3.8) is 0 Å². The minimum absolute atomic E-state index is 0.0487. The largest absolute Gasteiger partial charge is 0.333 e. The molecule has 0 fully saturated rings. The van der Waals surface area contributed by atoms with E-state index in [-0.39, 0.29) is 29.3 Å². The van der Waals surface area contributed by atoms with Crippen molar-refractivity contribution in [2.75, 3.05) is 5.32 Å². The molecule has 0 aliphatic rings. The van der Waals surface area contributed by atoms with Crippen molar-refractivity contribution < 1.29 is 9.32 Å². The number of carbonyl (C=O) groups is 1. The van der Waals surface area contributed by atoms with Crippen LogP contribution in [0.5, 0.6) is 0 Å². The number of nitrogens with one attached hydrogen (secondary N) is 1. The molecule has 0 saturated heterocycles. The van der Waals surface area contributed by atoms with Crippen LogP contribution >= 0.6 is 0 Å². The van der Waals surface area contributed by atoms with Gasteiger partial charge in [0.25, 0.3) is 5.89 Å². The molecular formula is C27H23N5O3. The molecule has 1 N–H and O–H groups in total. The van der Waals surface area contributed by atoms with Crippen molar-refractivity contribution in [2.24, 2.45) is 0 Å². The fourth-order valence-corrected chi connectivity index (χ4v) is 3.89. The van der Waals surface area contributed by atoms with Crippen LogP contribution in [0.3, 0.4) is 0 Å². The molecule has 0 saturated carbocycles. The van der Waals surface area contributed by atoms with E-state index in [0.717, 1.165) is 22.4 Å². The molecule has 35 heavy (non-hydrogen) atoms. The van der Waals surface area contributed by atoms with Gasteiger partial charge in [0.05, 0.1) is 5.39 Å². The highest BCUT2D eigenvalue weighted by molar-refractivity contribution is 5.91. The lowest BCUT2D eigenvalue weighted by Gasteiger charge is -2.12. The number of benzene rings is 2. The minimum atomic E-state index is -0.289. The molecule has 8 heteroatoms. The summed E-state index contributed by atoms with van der Waals surface area (Å²) in [7, 11) is 0. The topological polar surface area (TPSA) is 103 Å². The van der Waals surface area contributed by atoms with Gasteiger partial charge >= 0.3 is 0 Å². The highest BCUT2D eigenvalue weighted by Crippen LogP contribution is 2.24. The third kappa shape index (κ3) is 4.46. The lowest BCUT2D eigenvalue weighted by molar-refractivity contribution is -0.116. The summed E-state index contributed by atoms with van der Waals surface area (Å²) in [5, 5.41) is 7.34. The number of pyridine rings is 2. The zero-order valence-corrected chi connectivity index (χ0v) is 19.6. The van der Waals surface area contributed by atoms with E-state index in [2.05, 4.69) is 20.4 Å². The molecular weight excluding hydrogens is 442 g/mol. The monoisotopic (exact) mass is 465 g/mol. The molecule has 174 valence electrons. The van der Waals surface area contributed by atoms with Crippen LogP contribution < -0.4 is 10.7 Å². The second-order valence-corrected chi connectivity index (χ2v) is 8.48. The Morgan fingerprint density at radius 2 is 1.71 bits per heavy atom. The molecule has 0 bridgehead atoms. The van der Waals surface area contributed by atoms with Crippen LogP contribution in [0, 0.1) is 20.8 Å². The van der Waals surface area contributed by atoms with Crippen LogP contribution in [0.4, 0.5) is 5.69 Å². The van der Waals surface area contributed by atoms with Crippen molar-refractivity contribution >= 4 is 22.6 Å². The zero-order valence-electron chi connectivity index (χ0n) is 19.6. The molecule has 1 amide bonds. The van der Waals surface area contributed by atoms with Crippen molar-refractivity contribution in [2.45, 2.75) is 27.3 Å². The van der Waals surface area contributed by atoms with Crippen LogP contribution in [0.25, 0.3) is 33.9 Å². The van der Waals surface area contributed by atoms with E-state index in [1.807, 2.05) is 69.3 Å². The molecule has 5 aromatic rings. The van der Waals surface area contributed by atoms with Gasteiger partial charge in [0.15, 0.2) is 0 Å². The maximum Gasteiger partial charge on any atom is 0.263 e. The van der Waals surface area contributed by atoms with Gasteiger partial charge in [-0.1, -0.05) is 47.1 Å². The van der Waals surface area contributed by atoms with Gasteiger partial charge < -0.3 is 14.4 Å². The van der Waals surface area contributed by atoms with Crippen LogP contribution in [-0.4, -0.2) is 25.6 Å². The quantitative estimate of drug-likeness (QED) is 0.404. The van der Waals surface area contributed by atoms with Crippen molar-refractivity contribution in [3.8, 4) is 22.8 Å². The van der Waals surface area contributed by atoms with Gasteiger partial charge in [-0.3, -0.25) is 9.59 Å². The van der Waals surface area contributed by atoms with Crippen LogP contribution in [0.2, 0.25) is 0 Å². The number of carbonyl (C=O) groups excluding carboxylic acids is 1. The van der Waals surface area contributed by atoms with Crippen molar-refractivity contribution in [3.05, 3.63) is 93.9 Å². The second kappa shape index (κ2) is 8.98. The van der Waals surface area contributed by atoms with Gasteiger partial charge in [0, 0.05) is 23.1 Å². The second-order valence-electron chi connectivity index (χ2n) is 8.48. The first kappa shape index (κ1) is 22.2. The lowest BCUT2D eigenvalue weighted by atomic mass is 10.1. The maximum absolute atomic E-state index is 13.3. The lowest BCUT2D eigenvalue weighted by Crippen LogP contribution is -2.22. The predicted octanol–water partition coefficient (Wildman–Crippen LogP) is 4.68. The SMILES string of the molecule is Cc1ccc(NC(=O)Cn2cc(-c3nc(-c4ccccc4C)no3)c(=O)c3ccc(C)nc32)cc1. The van der Waals surface area contributed by atoms with E-state index in [9.17, 15) is 9.59 Å². The normalized spacial score (nSPS) is 11.1. The summed E-state index contributed by atoms with van der Waals surface area (Å²) in [5.41, 5.74) is 4.66. The molecule has 5 rings (SSSR count). The van der Waals surface area contributed by atoms with Gasteiger partial charge in [0.1, 0.15) is 17.8 Å². The summed E-state index contributed by atoms with van der Waals surface area (Å²) >= 11 is 0. The fourth-order valence-electron chi connectivity index (χ4n) is 3.89. The Kier molecular flexibility index (Phi) is 5.70. The van der Waals surface area contributed by atoms with E-state index in [0.29, 0.717) is 22.5 Å². The first-order chi connectivity index (χ1) is 16.9. The number of rotatable bonds is 5. The molecule has 8 nitrogen and oxygen atoms in total. The average Bonchev–Trinajstić information content (AvgIpc) is 3.32. The predicted molar refractivity (Wildman–Crippen MR) is 134 cm³/mol. The number of fused-ring (bicyclic) bond motifs is 1. The maximum atomic E-state index is 13.3. The molecule has 3 aromatic heterocycles. The number of hydrogen-bond acceptors (Lipinski definition) is 6. The summed E-state index contributed by atoms with van der Waals surface area (Å²) in [4.78, 5) is 35.2. The van der Waals surface area contributed by atoms with Crippen molar-refractivity contribution in [1.82, 2.24) is 19.7 Å². The number of anilines is 1. The van der Waals surface area contributed by atoms with Gasteiger partial charge in [-0.2, -0.15) is 4.98 Å². The molecule has 3 heterocycles. The number of hydrogen-bond donors (Lipinski definition) is 1. The standard InChI is InChI=1S/C27H23N5O3/c1-16-8-11-19(12-9-16)29-23(33)15-32-14-22(24(34)21-13-10-18(3)28-26(21)32)27-30-25(31-35-27)20-7-5-4-6-17(20)2/h4-14H,15H2,1-3H3,(H,29,33). The third-order valence-corrected chi connectivity index (χ3v) is 5.75. The van der Waals surface area contributed by atoms with Gasteiger partial charge in [-0.25, -0.2) is 4.98 Å². The highest BCUT2D eigenvalue weighted by atomic mass is 16.5. The Balaban J connectivity index is 1.56. The fraction of sp³-hybridized carbons (Fsp3) is 0.148. The number of nitrogens with zero attached hydrogens (tertiary/aromatic N) is 4.